The highest BCUT2D eigenvalue weighted by Crippen LogP contribution is 2.32. The summed E-state index contributed by atoms with van der Waals surface area (Å²) >= 11 is 0. The normalized spacial score (nSPS) is 15.9. The Hall–Kier alpha value is -3.87. The van der Waals surface area contributed by atoms with Crippen molar-refractivity contribution in [2.45, 2.75) is 26.8 Å². The Morgan fingerprint density at radius 1 is 1.00 bits per heavy atom. The van der Waals surface area contributed by atoms with E-state index in [2.05, 4.69) is 48.3 Å². The second kappa shape index (κ2) is 9.32. The summed E-state index contributed by atoms with van der Waals surface area (Å²) in [6.07, 6.45) is 0. The number of amides is 1. The van der Waals surface area contributed by atoms with Gasteiger partial charge in [0.25, 0.3) is 11.6 Å². The summed E-state index contributed by atoms with van der Waals surface area (Å²) in [5.74, 6) is -0.368. The molecule has 4 rings (SSSR count). The van der Waals surface area contributed by atoms with Crippen LogP contribution in [0, 0.1) is 24.0 Å². The number of aryl methyl sites for hydroxylation is 2. The fourth-order valence-electron chi connectivity index (χ4n) is 4.37. The molecule has 170 valence electrons. The molecule has 3 aromatic carbocycles. The Bertz CT molecular complexity index is 1190. The van der Waals surface area contributed by atoms with Gasteiger partial charge in [-0.05, 0) is 68.3 Å². The van der Waals surface area contributed by atoms with Crippen LogP contribution in [0.25, 0.3) is 0 Å². The predicted molar refractivity (Wildman–Crippen MR) is 132 cm³/mol. The molecule has 1 aliphatic heterocycles. The van der Waals surface area contributed by atoms with E-state index in [0.717, 1.165) is 12.1 Å². The monoisotopic (exact) mass is 444 g/mol. The third-order valence-electron chi connectivity index (χ3n) is 6.01. The van der Waals surface area contributed by atoms with E-state index < -0.39 is 4.92 Å². The third-order valence-corrected chi connectivity index (χ3v) is 6.01. The first-order valence-electron chi connectivity index (χ1n) is 11.1. The second-order valence-electron chi connectivity index (χ2n) is 8.61. The zero-order valence-electron chi connectivity index (χ0n) is 19.1. The van der Waals surface area contributed by atoms with Gasteiger partial charge in [0.2, 0.25) is 0 Å². The summed E-state index contributed by atoms with van der Waals surface area (Å²) < 4.78 is 0. The third kappa shape index (κ3) is 4.98. The summed E-state index contributed by atoms with van der Waals surface area (Å²) in [7, 11) is 0. The van der Waals surface area contributed by atoms with Gasteiger partial charge in [0.05, 0.1) is 4.92 Å². The molecule has 33 heavy (non-hydrogen) atoms. The van der Waals surface area contributed by atoms with Crippen LogP contribution in [0.5, 0.6) is 0 Å². The molecule has 0 bridgehead atoms. The first kappa shape index (κ1) is 22.3. The van der Waals surface area contributed by atoms with E-state index in [4.69, 9.17) is 0 Å². The minimum absolute atomic E-state index is 0.0527. The molecule has 7 nitrogen and oxygen atoms in total. The lowest BCUT2D eigenvalue weighted by Crippen LogP contribution is -2.52. The average Bonchev–Trinajstić information content (AvgIpc) is 2.78. The molecule has 1 saturated heterocycles. The summed E-state index contributed by atoms with van der Waals surface area (Å²) in [6, 6.07) is 20.7. The lowest BCUT2D eigenvalue weighted by Gasteiger charge is -2.42. The fraction of sp³-hybridized carbons (Fsp3) is 0.269. The van der Waals surface area contributed by atoms with E-state index in [-0.39, 0.29) is 23.2 Å². The number of nitro benzene ring substituents is 1. The number of nitro groups is 1. The molecule has 1 N–H and O–H groups in total. The lowest BCUT2D eigenvalue weighted by atomic mass is 10.1. The molecule has 1 amide bonds. The van der Waals surface area contributed by atoms with Crippen LogP contribution >= 0.6 is 0 Å². The van der Waals surface area contributed by atoms with E-state index in [9.17, 15) is 14.9 Å². The first-order valence-corrected chi connectivity index (χ1v) is 11.1. The Morgan fingerprint density at radius 2 is 1.73 bits per heavy atom. The number of rotatable bonds is 5. The van der Waals surface area contributed by atoms with Gasteiger partial charge in [0.1, 0.15) is 5.69 Å². The largest absolute Gasteiger partial charge is 0.365 e. The maximum atomic E-state index is 12.7. The summed E-state index contributed by atoms with van der Waals surface area (Å²) in [5, 5.41) is 14.7. The predicted octanol–water partition coefficient (Wildman–Crippen LogP) is 5.18. The van der Waals surface area contributed by atoms with E-state index in [1.54, 1.807) is 18.2 Å². The molecule has 3 aromatic rings. The zero-order chi connectivity index (χ0) is 23.5. The van der Waals surface area contributed by atoms with Gasteiger partial charge in [-0.2, -0.15) is 0 Å². The number of carbonyl (C=O) groups excluding carboxylic acids is 1. The van der Waals surface area contributed by atoms with Gasteiger partial charge in [-0.15, -0.1) is 0 Å². The van der Waals surface area contributed by atoms with Crippen molar-refractivity contribution >= 4 is 28.7 Å². The van der Waals surface area contributed by atoms with Crippen LogP contribution in [-0.2, 0) is 0 Å². The van der Waals surface area contributed by atoms with Crippen LogP contribution in [0.15, 0.2) is 66.7 Å². The zero-order valence-corrected chi connectivity index (χ0v) is 19.1. The number of benzene rings is 3. The number of hydrogen-bond acceptors (Lipinski definition) is 5. The molecule has 1 unspecified atom stereocenters. The average molecular weight is 445 g/mol. The Kier molecular flexibility index (Phi) is 6.31. The lowest BCUT2D eigenvalue weighted by molar-refractivity contribution is -0.384. The minimum Gasteiger partial charge on any atom is -0.365 e. The summed E-state index contributed by atoms with van der Waals surface area (Å²) in [6.45, 7) is 8.22. The van der Waals surface area contributed by atoms with Crippen LogP contribution in [0.4, 0.5) is 22.7 Å². The van der Waals surface area contributed by atoms with E-state index in [0.29, 0.717) is 24.5 Å². The molecule has 7 heteroatoms. The van der Waals surface area contributed by atoms with Gasteiger partial charge in [0.15, 0.2) is 0 Å². The molecule has 1 fully saturated rings. The number of carbonyl (C=O) groups is 1. The molecule has 1 atom stereocenters. The molecule has 0 radical (unpaired) electrons. The highest BCUT2D eigenvalue weighted by atomic mass is 16.6. The van der Waals surface area contributed by atoms with E-state index >= 15 is 0 Å². The number of piperazine rings is 1. The summed E-state index contributed by atoms with van der Waals surface area (Å²) in [5.41, 5.74) is 4.81. The molecule has 0 aromatic heterocycles. The Balaban J connectivity index is 1.53. The van der Waals surface area contributed by atoms with Crippen LogP contribution in [0.1, 0.15) is 28.4 Å². The van der Waals surface area contributed by atoms with Gasteiger partial charge in [-0.1, -0.05) is 24.3 Å². The number of nitrogens with one attached hydrogen (secondary N) is 1. The van der Waals surface area contributed by atoms with Crippen LogP contribution in [0.3, 0.4) is 0 Å². The topological polar surface area (TPSA) is 78.7 Å². The highest BCUT2D eigenvalue weighted by Gasteiger charge is 2.29. The quantitative estimate of drug-likeness (QED) is 0.433. The fourth-order valence-corrected chi connectivity index (χ4v) is 4.37. The van der Waals surface area contributed by atoms with Crippen molar-refractivity contribution in [1.82, 2.24) is 0 Å². The SMILES string of the molecule is Cc1cccc(NC(=O)c2ccc(N3CCN(c4cccc(C)c4)C(C)C3)c([N+](=O)[O-])c2)c1. The van der Waals surface area contributed by atoms with Gasteiger partial charge < -0.3 is 15.1 Å². The van der Waals surface area contributed by atoms with Crippen molar-refractivity contribution < 1.29 is 9.72 Å². The maximum Gasteiger partial charge on any atom is 0.293 e. The number of nitrogens with zero attached hydrogens (tertiary/aromatic N) is 3. The van der Waals surface area contributed by atoms with Gasteiger partial charge >= 0.3 is 0 Å². The molecular formula is C26H28N4O3. The van der Waals surface area contributed by atoms with Gasteiger partial charge in [-0.25, -0.2) is 0 Å². The van der Waals surface area contributed by atoms with E-state index in [1.165, 1.54) is 17.3 Å². The number of hydrogen-bond donors (Lipinski definition) is 1. The van der Waals surface area contributed by atoms with Gasteiger partial charge in [-0.3, -0.25) is 14.9 Å². The van der Waals surface area contributed by atoms with Crippen LogP contribution in [-0.4, -0.2) is 36.5 Å². The maximum absolute atomic E-state index is 12.7. The Labute approximate surface area is 193 Å². The molecule has 1 aliphatic rings. The van der Waals surface area contributed by atoms with Crippen LogP contribution < -0.4 is 15.1 Å². The molecule has 0 spiro atoms. The van der Waals surface area contributed by atoms with Crippen molar-refractivity contribution in [3.8, 4) is 0 Å². The first-order chi connectivity index (χ1) is 15.8. The van der Waals surface area contributed by atoms with Gasteiger partial charge in [0, 0.05) is 48.7 Å². The summed E-state index contributed by atoms with van der Waals surface area (Å²) in [4.78, 5) is 28.6. The van der Waals surface area contributed by atoms with Crippen molar-refractivity contribution in [2.75, 3.05) is 34.8 Å². The van der Waals surface area contributed by atoms with Crippen molar-refractivity contribution in [3.63, 3.8) is 0 Å². The van der Waals surface area contributed by atoms with Crippen molar-refractivity contribution in [3.05, 3.63) is 93.5 Å². The molecular weight excluding hydrogens is 416 g/mol. The molecule has 1 heterocycles. The van der Waals surface area contributed by atoms with Crippen molar-refractivity contribution in [2.24, 2.45) is 0 Å². The molecule has 0 aliphatic carbocycles. The van der Waals surface area contributed by atoms with E-state index in [1.807, 2.05) is 30.0 Å². The second-order valence-corrected chi connectivity index (χ2v) is 8.61. The Morgan fingerprint density at radius 3 is 2.39 bits per heavy atom. The highest BCUT2D eigenvalue weighted by molar-refractivity contribution is 6.05. The smallest absolute Gasteiger partial charge is 0.293 e. The number of anilines is 3. The minimum atomic E-state index is -0.406. The van der Waals surface area contributed by atoms with Crippen molar-refractivity contribution in [1.29, 1.82) is 0 Å². The standard InChI is InChI=1S/C26H28N4O3/c1-18-6-4-8-22(14-18)27-26(31)21-10-11-24(25(16-21)30(32)33)28-12-13-29(20(3)17-28)23-9-5-7-19(2)15-23/h4-11,14-16,20H,12-13,17H2,1-3H3,(H,27,31). The molecule has 0 saturated carbocycles. The van der Waals surface area contributed by atoms with Crippen LogP contribution in [0.2, 0.25) is 0 Å².